The SMILES string of the molecule is CC(C)n1c(N2CC[C@@H](N)C2)nc2c([N+](=O)[O-])c(Br)c(F)cc21. The third-order valence-corrected chi connectivity index (χ3v) is 4.80. The molecule has 0 unspecified atom stereocenters. The van der Waals surface area contributed by atoms with Gasteiger partial charge in [0.25, 0.3) is 0 Å². The van der Waals surface area contributed by atoms with Crippen LogP contribution in [0.25, 0.3) is 11.0 Å². The van der Waals surface area contributed by atoms with Crippen LogP contribution in [0.1, 0.15) is 26.3 Å². The summed E-state index contributed by atoms with van der Waals surface area (Å²) in [5.41, 5.74) is 6.22. The summed E-state index contributed by atoms with van der Waals surface area (Å²) in [4.78, 5) is 17.2. The molecule has 0 bridgehead atoms. The molecule has 1 aliphatic heterocycles. The van der Waals surface area contributed by atoms with Gasteiger partial charge in [-0.05, 0) is 36.2 Å². The van der Waals surface area contributed by atoms with Crippen LogP contribution >= 0.6 is 15.9 Å². The maximum absolute atomic E-state index is 14.1. The van der Waals surface area contributed by atoms with E-state index in [2.05, 4.69) is 20.9 Å². The molecule has 9 heteroatoms. The van der Waals surface area contributed by atoms with Crippen LogP contribution in [0.15, 0.2) is 10.5 Å². The number of imidazole rings is 1. The van der Waals surface area contributed by atoms with Gasteiger partial charge < -0.3 is 15.2 Å². The average molecular weight is 386 g/mol. The van der Waals surface area contributed by atoms with Gasteiger partial charge in [-0.25, -0.2) is 9.37 Å². The molecular formula is C14H17BrFN5O2. The second-order valence-electron chi connectivity index (χ2n) is 6.02. The number of nitrogens with zero attached hydrogens (tertiary/aromatic N) is 4. The molecule has 2 heterocycles. The maximum Gasteiger partial charge on any atom is 0.314 e. The normalized spacial score (nSPS) is 18.3. The van der Waals surface area contributed by atoms with Crippen LogP contribution in [0, 0.1) is 15.9 Å². The van der Waals surface area contributed by atoms with E-state index in [1.54, 1.807) is 0 Å². The van der Waals surface area contributed by atoms with E-state index in [-0.39, 0.29) is 27.8 Å². The van der Waals surface area contributed by atoms with Gasteiger partial charge >= 0.3 is 5.69 Å². The van der Waals surface area contributed by atoms with Crippen LogP contribution in [-0.4, -0.2) is 33.6 Å². The maximum atomic E-state index is 14.1. The molecule has 0 spiro atoms. The lowest BCUT2D eigenvalue weighted by Crippen LogP contribution is -2.28. The number of rotatable bonds is 3. The molecule has 0 aliphatic carbocycles. The molecule has 124 valence electrons. The van der Waals surface area contributed by atoms with Gasteiger partial charge in [0, 0.05) is 31.2 Å². The summed E-state index contributed by atoms with van der Waals surface area (Å²) in [5, 5.41) is 11.4. The fourth-order valence-electron chi connectivity index (χ4n) is 3.01. The van der Waals surface area contributed by atoms with Crippen LogP contribution < -0.4 is 10.6 Å². The summed E-state index contributed by atoms with van der Waals surface area (Å²) in [5.74, 6) is -0.0702. The predicted molar refractivity (Wildman–Crippen MR) is 89.2 cm³/mol. The topological polar surface area (TPSA) is 90.2 Å². The van der Waals surface area contributed by atoms with E-state index in [1.807, 2.05) is 23.3 Å². The lowest BCUT2D eigenvalue weighted by Gasteiger charge is -2.21. The molecule has 1 saturated heterocycles. The van der Waals surface area contributed by atoms with E-state index < -0.39 is 10.7 Å². The number of aromatic nitrogens is 2. The van der Waals surface area contributed by atoms with Gasteiger partial charge in [-0.1, -0.05) is 0 Å². The van der Waals surface area contributed by atoms with Crippen molar-refractivity contribution in [2.45, 2.75) is 32.4 Å². The second-order valence-corrected chi connectivity index (χ2v) is 6.81. The van der Waals surface area contributed by atoms with Gasteiger partial charge in [0.15, 0.2) is 5.52 Å². The van der Waals surface area contributed by atoms with E-state index in [0.717, 1.165) is 13.0 Å². The van der Waals surface area contributed by atoms with Crippen molar-refractivity contribution in [3.05, 3.63) is 26.5 Å². The van der Waals surface area contributed by atoms with Crippen molar-refractivity contribution < 1.29 is 9.31 Å². The van der Waals surface area contributed by atoms with E-state index >= 15 is 0 Å². The highest BCUT2D eigenvalue weighted by atomic mass is 79.9. The van der Waals surface area contributed by atoms with Crippen molar-refractivity contribution in [2.75, 3.05) is 18.0 Å². The minimum absolute atomic E-state index is 0.0213. The quantitative estimate of drug-likeness (QED) is 0.647. The number of hydrogen-bond acceptors (Lipinski definition) is 5. The van der Waals surface area contributed by atoms with Crippen molar-refractivity contribution >= 4 is 38.6 Å². The molecule has 2 aromatic rings. The standard InChI is InChI=1S/C14H17BrFN5O2/c1-7(2)20-10-5-9(16)11(15)13(21(22)23)12(10)18-14(20)19-4-3-8(17)6-19/h5,7-8H,3-4,6,17H2,1-2H3/t8-/m1/s1. The number of hydrogen-bond donors (Lipinski definition) is 1. The first kappa shape index (κ1) is 16.1. The first-order chi connectivity index (χ1) is 10.8. The summed E-state index contributed by atoms with van der Waals surface area (Å²) < 4.78 is 15.8. The summed E-state index contributed by atoms with van der Waals surface area (Å²) >= 11 is 2.97. The molecule has 1 atom stereocenters. The second kappa shape index (κ2) is 5.72. The van der Waals surface area contributed by atoms with Gasteiger partial charge in [0.05, 0.1) is 10.4 Å². The zero-order valence-corrected chi connectivity index (χ0v) is 14.4. The molecule has 0 radical (unpaired) electrons. The summed E-state index contributed by atoms with van der Waals surface area (Å²) in [6.07, 6.45) is 0.835. The van der Waals surface area contributed by atoms with Crippen LogP contribution in [0.2, 0.25) is 0 Å². The Morgan fingerprint density at radius 1 is 1.57 bits per heavy atom. The van der Waals surface area contributed by atoms with Crippen LogP contribution in [-0.2, 0) is 0 Å². The first-order valence-electron chi connectivity index (χ1n) is 7.36. The molecule has 3 rings (SSSR count). The van der Waals surface area contributed by atoms with Gasteiger partial charge in [-0.15, -0.1) is 0 Å². The molecule has 1 fully saturated rings. The lowest BCUT2D eigenvalue weighted by atomic mass is 10.2. The third kappa shape index (κ3) is 2.57. The zero-order valence-electron chi connectivity index (χ0n) is 12.8. The molecule has 0 amide bonds. The molecule has 1 aromatic carbocycles. The van der Waals surface area contributed by atoms with Gasteiger partial charge in [0.2, 0.25) is 5.95 Å². The zero-order chi connectivity index (χ0) is 16.9. The van der Waals surface area contributed by atoms with Crippen LogP contribution in [0.5, 0.6) is 0 Å². The Kier molecular flexibility index (Phi) is 4.01. The largest absolute Gasteiger partial charge is 0.341 e. The summed E-state index contributed by atoms with van der Waals surface area (Å²) in [7, 11) is 0. The molecule has 0 saturated carbocycles. The average Bonchev–Trinajstić information content (AvgIpc) is 3.02. The van der Waals surface area contributed by atoms with Crippen molar-refractivity contribution in [3.63, 3.8) is 0 Å². The van der Waals surface area contributed by atoms with Crippen molar-refractivity contribution in [1.82, 2.24) is 9.55 Å². The van der Waals surface area contributed by atoms with Gasteiger partial charge in [-0.2, -0.15) is 0 Å². The van der Waals surface area contributed by atoms with Crippen molar-refractivity contribution in [2.24, 2.45) is 5.73 Å². The highest BCUT2D eigenvalue weighted by Crippen LogP contribution is 2.39. The number of nitro benzene ring substituents is 1. The Hall–Kier alpha value is -1.74. The molecule has 1 aliphatic rings. The van der Waals surface area contributed by atoms with E-state index in [1.165, 1.54) is 6.07 Å². The van der Waals surface area contributed by atoms with Crippen LogP contribution in [0.3, 0.4) is 0 Å². The Bertz CT molecular complexity index is 791. The first-order valence-corrected chi connectivity index (χ1v) is 8.15. The van der Waals surface area contributed by atoms with E-state index in [0.29, 0.717) is 18.0 Å². The summed E-state index contributed by atoms with van der Waals surface area (Å²) in [6, 6.07) is 1.32. The highest BCUT2D eigenvalue weighted by Gasteiger charge is 2.31. The monoisotopic (exact) mass is 385 g/mol. The number of nitrogens with two attached hydrogens (primary N) is 1. The van der Waals surface area contributed by atoms with E-state index in [4.69, 9.17) is 5.73 Å². The van der Waals surface area contributed by atoms with Crippen molar-refractivity contribution in [1.29, 1.82) is 0 Å². The number of anilines is 1. The van der Waals surface area contributed by atoms with Gasteiger partial charge in [0.1, 0.15) is 10.3 Å². The van der Waals surface area contributed by atoms with E-state index in [9.17, 15) is 14.5 Å². The number of benzene rings is 1. The highest BCUT2D eigenvalue weighted by molar-refractivity contribution is 9.10. The molecule has 7 nitrogen and oxygen atoms in total. The molecule has 23 heavy (non-hydrogen) atoms. The number of nitro groups is 1. The van der Waals surface area contributed by atoms with Gasteiger partial charge in [-0.3, -0.25) is 10.1 Å². The molecular weight excluding hydrogens is 369 g/mol. The fourth-order valence-corrected chi connectivity index (χ4v) is 3.46. The minimum Gasteiger partial charge on any atom is -0.341 e. The third-order valence-electron chi connectivity index (χ3n) is 4.04. The lowest BCUT2D eigenvalue weighted by molar-refractivity contribution is -0.384. The summed E-state index contributed by atoms with van der Waals surface area (Å²) in [6.45, 7) is 5.24. The Labute approximate surface area is 140 Å². The molecule has 2 N–H and O–H groups in total. The Balaban J connectivity index is 2.31. The predicted octanol–water partition coefficient (Wildman–Crippen LogP) is 2.96. The minimum atomic E-state index is -0.671. The number of fused-ring (bicyclic) bond motifs is 1. The Morgan fingerprint density at radius 3 is 2.78 bits per heavy atom. The smallest absolute Gasteiger partial charge is 0.314 e. The van der Waals surface area contributed by atoms with Crippen LogP contribution in [0.4, 0.5) is 16.0 Å². The molecule has 1 aromatic heterocycles. The van der Waals surface area contributed by atoms with Crippen molar-refractivity contribution in [3.8, 4) is 0 Å². The number of halogens is 2. The fraction of sp³-hybridized carbons (Fsp3) is 0.500. The Morgan fingerprint density at radius 2 is 2.26 bits per heavy atom.